The molecule has 17 heavy (non-hydrogen) atoms. The number of phenolic OH excluding ortho intramolecular Hbond substituents is 1. The molecule has 0 heterocycles. The van der Waals surface area contributed by atoms with Gasteiger partial charge in [0.15, 0.2) is 0 Å². The average Bonchev–Trinajstić information content (AvgIpc) is 2.25. The van der Waals surface area contributed by atoms with E-state index in [0.717, 1.165) is 30.1 Å². The van der Waals surface area contributed by atoms with Crippen LogP contribution in [0.15, 0.2) is 12.1 Å². The number of hydrogen-bond acceptors (Lipinski definition) is 2. The molecule has 0 aliphatic carbocycles. The van der Waals surface area contributed by atoms with Crippen LogP contribution in [0.2, 0.25) is 0 Å². The molecule has 96 valence electrons. The van der Waals surface area contributed by atoms with E-state index in [4.69, 9.17) is 0 Å². The first-order valence-corrected chi connectivity index (χ1v) is 6.41. The van der Waals surface area contributed by atoms with Gasteiger partial charge in [0.25, 0.3) is 0 Å². The summed E-state index contributed by atoms with van der Waals surface area (Å²) < 4.78 is 0. The van der Waals surface area contributed by atoms with Crippen molar-refractivity contribution in [3.63, 3.8) is 0 Å². The van der Waals surface area contributed by atoms with Crippen LogP contribution in [-0.2, 0) is 6.54 Å². The summed E-state index contributed by atoms with van der Waals surface area (Å²) in [6.07, 6.45) is 1.22. The highest BCUT2D eigenvalue weighted by Crippen LogP contribution is 2.23. The zero-order valence-electron chi connectivity index (χ0n) is 11.7. The second-order valence-corrected chi connectivity index (χ2v) is 5.29. The van der Waals surface area contributed by atoms with Crippen LogP contribution in [0, 0.1) is 19.8 Å². The molecule has 2 nitrogen and oxygen atoms in total. The molecule has 1 N–H and O–H groups in total. The minimum absolute atomic E-state index is 0.429. The van der Waals surface area contributed by atoms with Gasteiger partial charge in [-0.05, 0) is 43.5 Å². The van der Waals surface area contributed by atoms with Gasteiger partial charge in [-0.1, -0.05) is 32.4 Å². The smallest absolute Gasteiger partial charge is 0.121 e. The molecule has 0 spiro atoms. The minimum Gasteiger partial charge on any atom is -0.507 e. The third kappa shape index (κ3) is 4.04. The Morgan fingerprint density at radius 2 is 1.76 bits per heavy atom. The Balaban J connectivity index is 2.69. The number of aryl methyl sites for hydroxylation is 2. The third-order valence-electron chi connectivity index (χ3n) is 3.32. The Labute approximate surface area is 105 Å². The van der Waals surface area contributed by atoms with Crippen molar-refractivity contribution in [2.45, 2.75) is 40.7 Å². The first-order valence-electron chi connectivity index (χ1n) is 6.41. The van der Waals surface area contributed by atoms with Crippen LogP contribution < -0.4 is 0 Å². The maximum atomic E-state index is 9.73. The molecule has 0 saturated heterocycles. The molecule has 0 bridgehead atoms. The van der Waals surface area contributed by atoms with E-state index in [9.17, 15) is 5.11 Å². The normalized spacial score (nSPS) is 13.1. The number of rotatable bonds is 5. The van der Waals surface area contributed by atoms with E-state index in [1.807, 2.05) is 13.8 Å². The molecule has 0 fully saturated rings. The highest BCUT2D eigenvalue weighted by molar-refractivity contribution is 5.42. The molecule has 1 rings (SSSR count). The van der Waals surface area contributed by atoms with Gasteiger partial charge in [0.2, 0.25) is 0 Å². The molecule has 0 aromatic heterocycles. The summed E-state index contributed by atoms with van der Waals surface area (Å²) in [7, 11) is 2.16. The van der Waals surface area contributed by atoms with Crippen LogP contribution in [0.4, 0.5) is 0 Å². The third-order valence-corrected chi connectivity index (χ3v) is 3.32. The van der Waals surface area contributed by atoms with Crippen molar-refractivity contribution in [1.82, 2.24) is 4.90 Å². The molecule has 0 aliphatic heterocycles. The first-order chi connectivity index (χ1) is 7.93. The van der Waals surface area contributed by atoms with Gasteiger partial charge in [-0.15, -0.1) is 0 Å². The van der Waals surface area contributed by atoms with Crippen molar-refractivity contribution in [1.29, 1.82) is 0 Å². The molecule has 1 atom stereocenters. The number of benzene rings is 1. The number of aromatic hydroxyl groups is 1. The zero-order valence-corrected chi connectivity index (χ0v) is 11.7. The van der Waals surface area contributed by atoms with E-state index in [2.05, 4.69) is 37.9 Å². The fourth-order valence-electron chi connectivity index (χ4n) is 2.17. The Bertz CT molecular complexity index is 350. The van der Waals surface area contributed by atoms with E-state index >= 15 is 0 Å². The Morgan fingerprint density at radius 3 is 2.24 bits per heavy atom. The lowest BCUT2D eigenvalue weighted by Crippen LogP contribution is -2.23. The molecular formula is C15H25NO. The van der Waals surface area contributed by atoms with Crippen molar-refractivity contribution >= 4 is 0 Å². The summed E-state index contributed by atoms with van der Waals surface area (Å²) in [5.41, 5.74) is 3.22. The monoisotopic (exact) mass is 235 g/mol. The predicted octanol–water partition coefficient (Wildman–Crippen LogP) is 3.49. The topological polar surface area (TPSA) is 23.5 Å². The predicted molar refractivity (Wildman–Crippen MR) is 73.4 cm³/mol. The Morgan fingerprint density at radius 1 is 1.24 bits per heavy atom. The standard InChI is InChI=1S/C15H25NO/c1-6-11(2)9-16(5)10-14-7-12(3)15(17)13(4)8-14/h7-8,11,17H,6,9-10H2,1-5H3. The van der Waals surface area contributed by atoms with Crippen molar-refractivity contribution in [2.24, 2.45) is 5.92 Å². The van der Waals surface area contributed by atoms with Gasteiger partial charge >= 0.3 is 0 Å². The molecule has 1 aromatic rings. The van der Waals surface area contributed by atoms with Gasteiger partial charge in [-0.3, -0.25) is 0 Å². The van der Waals surface area contributed by atoms with Crippen LogP contribution in [0.1, 0.15) is 37.0 Å². The maximum Gasteiger partial charge on any atom is 0.121 e. The van der Waals surface area contributed by atoms with E-state index in [0.29, 0.717) is 5.75 Å². The van der Waals surface area contributed by atoms with Gasteiger partial charge in [0, 0.05) is 13.1 Å². The van der Waals surface area contributed by atoms with E-state index in [-0.39, 0.29) is 0 Å². The van der Waals surface area contributed by atoms with Crippen molar-refractivity contribution < 1.29 is 5.11 Å². The summed E-state index contributed by atoms with van der Waals surface area (Å²) in [6, 6.07) is 4.16. The van der Waals surface area contributed by atoms with Gasteiger partial charge in [0.1, 0.15) is 5.75 Å². The van der Waals surface area contributed by atoms with Crippen LogP contribution in [0.5, 0.6) is 5.75 Å². The quantitative estimate of drug-likeness (QED) is 0.844. The number of hydrogen-bond donors (Lipinski definition) is 1. The van der Waals surface area contributed by atoms with Crippen molar-refractivity contribution in [3.8, 4) is 5.75 Å². The van der Waals surface area contributed by atoms with Crippen LogP contribution in [-0.4, -0.2) is 23.6 Å². The molecule has 0 aliphatic rings. The molecule has 2 heteroatoms. The van der Waals surface area contributed by atoms with Gasteiger partial charge in [-0.2, -0.15) is 0 Å². The second-order valence-electron chi connectivity index (χ2n) is 5.29. The molecule has 1 aromatic carbocycles. The fraction of sp³-hybridized carbons (Fsp3) is 0.600. The van der Waals surface area contributed by atoms with Gasteiger partial charge in [0.05, 0.1) is 0 Å². The fourth-order valence-corrected chi connectivity index (χ4v) is 2.17. The summed E-state index contributed by atoms with van der Waals surface area (Å²) in [4.78, 5) is 2.35. The minimum atomic E-state index is 0.429. The van der Waals surface area contributed by atoms with E-state index in [1.54, 1.807) is 0 Å². The largest absolute Gasteiger partial charge is 0.507 e. The lowest BCUT2D eigenvalue weighted by atomic mass is 10.0. The average molecular weight is 235 g/mol. The van der Waals surface area contributed by atoms with E-state index < -0.39 is 0 Å². The maximum absolute atomic E-state index is 9.73. The van der Waals surface area contributed by atoms with Crippen molar-refractivity contribution in [3.05, 3.63) is 28.8 Å². The first kappa shape index (κ1) is 14.0. The summed E-state index contributed by atoms with van der Waals surface area (Å²) in [5, 5.41) is 9.73. The molecule has 0 radical (unpaired) electrons. The highest BCUT2D eigenvalue weighted by Gasteiger charge is 2.08. The lowest BCUT2D eigenvalue weighted by Gasteiger charge is -2.21. The molecular weight excluding hydrogens is 210 g/mol. The van der Waals surface area contributed by atoms with Crippen molar-refractivity contribution in [2.75, 3.05) is 13.6 Å². The van der Waals surface area contributed by atoms with Crippen LogP contribution in [0.3, 0.4) is 0 Å². The number of nitrogens with zero attached hydrogens (tertiary/aromatic N) is 1. The highest BCUT2D eigenvalue weighted by atomic mass is 16.3. The van der Waals surface area contributed by atoms with Crippen LogP contribution in [0.25, 0.3) is 0 Å². The zero-order chi connectivity index (χ0) is 13.0. The molecule has 0 amide bonds. The van der Waals surface area contributed by atoms with Gasteiger partial charge < -0.3 is 10.0 Å². The Hall–Kier alpha value is -1.02. The summed E-state index contributed by atoms with van der Waals surface area (Å²) >= 11 is 0. The Kier molecular flexibility index (Phi) is 5.01. The SMILES string of the molecule is CCC(C)CN(C)Cc1cc(C)c(O)c(C)c1. The summed E-state index contributed by atoms with van der Waals surface area (Å²) in [6.45, 7) is 10.5. The second kappa shape index (κ2) is 6.06. The summed E-state index contributed by atoms with van der Waals surface area (Å²) in [5.74, 6) is 1.16. The van der Waals surface area contributed by atoms with Crippen LogP contribution >= 0.6 is 0 Å². The van der Waals surface area contributed by atoms with E-state index in [1.165, 1.54) is 12.0 Å². The number of phenols is 1. The molecule has 1 unspecified atom stereocenters. The van der Waals surface area contributed by atoms with Gasteiger partial charge in [-0.25, -0.2) is 0 Å². The molecule has 0 saturated carbocycles. The lowest BCUT2D eigenvalue weighted by molar-refractivity contribution is 0.275.